The zero-order chi connectivity index (χ0) is 21.8. The Hall–Kier alpha value is -0.763. The summed E-state index contributed by atoms with van der Waals surface area (Å²) in [4.78, 5) is 0. The molecule has 3 aliphatic carbocycles. The molecule has 4 rings (SSSR count). The molecular formula is C28H47NSi. The van der Waals surface area contributed by atoms with Crippen LogP contribution in [0.15, 0.2) is 18.2 Å². The van der Waals surface area contributed by atoms with E-state index in [0.717, 1.165) is 35.1 Å². The van der Waals surface area contributed by atoms with Crippen molar-refractivity contribution in [1.82, 2.24) is 0 Å². The largest absolute Gasteiger partial charge is 0.393 e. The van der Waals surface area contributed by atoms with Crippen molar-refractivity contribution in [3.63, 3.8) is 0 Å². The SMILES string of the molecule is Cc1cccc(C)c1N(C(C)(C)C)[Si](C)(C)C1C(C)CC2CC3CCCCC3CC21. The zero-order valence-corrected chi connectivity index (χ0v) is 22.1. The van der Waals surface area contributed by atoms with Gasteiger partial charge in [0.1, 0.15) is 0 Å². The van der Waals surface area contributed by atoms with Gasteiger partial charge in [0.25, 0.3) is 0 Å². The fourth-order valence-corrected chi connectivity index (χ4v) is 14.7. The van der Waals surface area contributed by atoms with Gasteiger partial charge in [-0.2, -0.15) is 0 Å². The first-order valence-electron chi connectivity index (χ1n) is 12.9. The first-order chi connectivity index (χ1) is 14.0. The lowest BCUT2D eigenvalue weighted by molar-refractivity contribution is 0.0934. The van der Waals surface area contributed by atoms with Crippen LogP contribution in [0.1, 0.15) is 83.8 Å². The zero-order valence-electron chi connectivity index (χ0n) is 21.1. The Morgan fingerprint density at radius 1 is 0.867 bits per heavy atom. The van der Waals surface area contributed by atoms with Crippen molar-refractivity contribution in [2.75, 3.05) is 4.57 Å². The van der Waals surface area contributed by atoms with Crippen LogP contribution in [-0.4, -0.2) is 13.8 Å². The Balaban J connectivity index is 1.72. The van der Waals surface area contributed by atoms with Crippen LogP contribution >= 0.6 is 0 Å². The normalized spacial score (nSPS) is 34.4. The maximum atomic E-state index is 2.97. The fraction of sp³-hybridized carbons (Fsp3) is 0.786. The van der Waals surface area contributed by atoms with Crippen molar-refractivity contribution in [2.45, 2.75) is 111 Å². The number of benzene rings is 1. The van der Waals surface area contributed by atoms with E-state index < -0.39 is 8.24 Å². The third-order valence-electron chi connectivity index (χ3n) is 9.33. The average Bonchev–Trinajstić information content (AvgIpc) is 2.96. The molecule has 3 saturated carbocycles. The van der Waals surface area contributed by atoms with Gasteiger partial charge in [-0.1, -0.05) is 63.9 Å². The summed E-state index contributed by atoms with van der Waals surface area (Å²) in [7, 11) is -1.73. The van der Waals surface area contributed by atoms with Gasteiger partial charge in [-0.05, 0) is 100 Å². The average molecular weight is 426 g/mol. The number of hydrogen-bond donors (Lipinski definition) is 0. The van der Waals surface area contributed by atoms with Gasteiger partial charge in [0.2, 0.25) is 0 Å². The molecule has 2 heteroatoms. The van der Waals surface area contributed by atoms with Crippen LogP contribution in [0.4, 0.5) is 5.69 Å². The Morgan fingerprint density at radius 3 is 2.00 bits per heavy atom. The van der Waals surface area contributed by atoms with Gasteiger partial charge in [-0.3, -0.25) is 0 Å². The predicted molar refractivity (Wildman–Crippen MR) is 135 cm³/mol. The number of para-hydroxylation sites is 1. The number of fused-ring (bicyclic) bond motifs is 2. The molecule has 0 heterocycles. The molecule has 1 aromatic rings. The van der Waals surface area contributed by atoms with E-state index in [2.05, 4.69) is 77.4 Å². The van der Waals surface area contributed by atoms with E-state index >= 15 is 0 Å². The summed E-state index contributed by atoms with van der Waals surface area (Å²) < 4.78 is 2.97. The summed E-state index contributed by atoms with van der Waals surface area (Å²) in [5.41, 5.74) is 5.55. The smallest absolute Gasteiger partial charge is 0.154 e. The van der Waals surface area contributed by atoms with Crippen LogP contribution in [0.3, 0.4) is 0 Å². The van der Waals surface area contributed by atoms with Crippen LogP contribution in [0.5, 0.6) is 0 Å². The summed E-state index contributed by atoms with van der Waals surface area (Å²) in [6, 6.07) is 6.90. The molecule has 6 unspecified atom stereocenters. The lowest BCUT2D eigenvalue weighted by atomic mass is 9.64. The molecule has 0 aromatic heterocycles. The second-order valence-corrected chi connectivity index (χ2v) is 17.3. The van der Waals surface area contributed by atoms with Gasteiger partial charge in [0.15, 0.2) is 8.24 Å². The van der Waals surface area contributed by atoms with Crippen molar-refractivity contribution in [3.8, 4) is 0 Å². The van der Waals surface area contributed by atoms with Crippen LogP contribution in [0.25, 0.3) is 0 Å². The van der Waals surface area contributed by atoms with E-state index in [-0.39, 0.29) is 5.54 Å². The highest BCUT2D eigenvalue weighted by atomic mass is 28.3. The number of aryl methyl sites for hydroxylation is 2. The topological polar surface area (TPSA) is 3.24 Å². The van der Waals surface area contributed by atoms with Gasteiger partial charge in [-0.15, -0.1) is 0 Å². The van der Waals surface area contributed by atoms with Crippen LogP contribution in [0, 0.1) is 43.4 Å². The van der Waals surface area contributed by atoms with Crippen molar-refractivity contribution in [2.24, 2.45) is 29.6 Å². The molecule has 3 fully saturated rings. The molecule has 0 amide bonds. The Bertz CT molecular complexity index is 740. The quantitative estimate of drug-likeness (QED) is 0.440. The summed E-state index contributed by atoms with van der Waals surface area (Å²) in [5.74, 6) is 4.98. The lowest BCUT2D eigenvalue weighted by Gasteiger charge is -2.55. The molecule has 168 valence electrons. The summed E-state index contributed by atoms with van der Waals surface area (Å²) in [5, 5.41) is 0. The van der Waals surface area contributed by atoms with Gasteiger partial charge in [0.05, 0.1) is 0 Å². The summed E-state index contributed by atoms with van der Waals surface area (Å²) in [6.07, 6.45) is 10.7. The summed E-state index contributed by atoms with van der Waals surface area (Å²) >= 11 is 0. The van der Waals surface area contributed by atoms with Gasteiger partial charge in [0, 0.05) is 11.2 Å². The van der Waals surface area contributed by atoms with E-state index in [1.54, 1.807) is 18.5 Å². The second-order valence-electron chi connectivity index (χ2n) is 12.8. The van der Waals surface area contributed by atoms with Crippen molar-refractivity contribution < 1.29 is 0 Å². The predicted octanol–water partition coefficient (Wildman–Crippen LogP) is 8.36. The number of nitrogens with zero attached hydrogens (tertiary/aromatic N) is 1. The van der Waals surface area contributed by atoms with Crippen molar-refractivity contribution >= 4 is 13.9 Å². The minimum atomic E-state index is -1.73. The van der Waals surface area contributed by atoms with Crippen molar-refractivity contribution in [1.29, 1.82) is 0 Å². The molecule has 1 aromatic carbocycles. The Kier molecular flexibility index (Phi) is 5.97. The number of rotatable bonds is 3. The van der Waals surface area contributed by atoms with E-state index in [4.69, 9.17) is 0 Å². The molecule has 0 saturated heterocycles. The Morgan fingerprint density at radius 2 is 1.43 bits per heavy atom. The third kappa shape index (κ3) is 3.80. The first-order valence-corrected chi connectivity index (χ1v) is 15.9. The maximum Gasteiger partial charge on any atom is 0.154 e. The minimum Gasteiger partial charge on any atom is -0.393 e. The van der Waals surface area contributed by atoms with Crippen LogP contribution in [0.2, 0.25) is 18.6 Å². The van der Waals surface area contributed by atoms with Crippen LogP contribution < -0.4 is 4.57 Å². The molecule has 0 bridgehead atoms. The van der Waals surface area contributed by atoms with E-state index in [1.165, 1.54) is 43.2 Å². The molecule has 3 aliphatic rings. The Labute approximate surface area is 188 Å². The summed E-state index contributed by atoms with van der Waals surface area (Å²) in [6.45, 7) is 20.1. The third-order valence-corrected chi connectivity index (χ3v) is 14.0. The molecular weight excluding hydrogens is 378 g/mol. The van der Waals surface area contributed by atoms with E-state index in [0.29, 0.717) is 0 Å². The second kappa shape index (κ2) is 7.98. The standard InChI is InChI=1S/C28H47NSi/c1-19-12-11-13-20(2)26(19)29(28(4,5)6)30(7,8)27-21(3)16-24-17-22-14-9-10-15-23(22)18-25(24)27/h11-13,21-25,27H,9-10,14-18H2,1-8H3. The monoisotopic (exact) mass is 425 g/mol. The van der Waals surface area contributed by atoms with Gasteiger partial charge >= 0.3 is 0 Å². The molecule has 6 atom stereocenters. The molecule has 0 N–H and O–H groups in total. The molecule has 0 radical (unpaired) electrons. The highest BCUT2D eigenvalue weighted by molar-refractivity contribution is 6.82. The van der Waals surface area contributed by atoms with E-state index in [9.17, 15) is 0 Å². The van der Waals surface area contributed by atoms with E-state index in [1.807, 2.05) is 0 Å². The fourth-order valence-electron chi connectivity index (χ4n) is 8.78. The molecule has 0 spiro atoms. The highest BCUT2D eigenvalue weighted by Gasteiger charge is 2.56. The first kappa shape index (κ1) is 22.4. The van der Waals surface area contributed by atoms with Crippen molar-refractivity contribution in [3.05, 3.63) is 29.3 Å². The molecule has 0 aliphatic heterocycles. The molecule has 1 nitrogen and oxygen atoms in total. The molecule has 30 heavy (non-hydrogen) atoms. The lowest BCUT2D eigenvalue weighted by Crippen LogP contribution is -2.62. The minimum absolute atomic E-state index is 0.159. The highest BCUT2D eigenvalue weighted by Crippen LogP contribution is 2.61. The number of anilines is 1. The maximum absolute atomic E-state index is 2.97. The van der Waals surface area contributed by atoms with Gasteiger partial charge < -0.3 is 4.57 Å². The number of hydrogen-bond acceptors (Lipinski definition) is 1. The van der Waals surface area contributed by atoms with Gasteiger partial charge in [-0.25, -0.2) is 0 Å². The van der Waals surface area contributed by atoms with Crippen LogP contribution in [-0.2, 0) is 0 Å².